The molecule has 1 unspecified atom stereocenters. The van der Waals surface area contributed by atoms with Crippen molar-refractivity contribution in [3.63, 3.8) is 0 Å². The summed E-state index contributed by atoms with van der Waals surface area (Å²) in [6.07, 6.45) is 6.27. The minimum Gasteiger partial charge on any atom is -0.242 e. The van der Waals surface area contributed by atoms with Gasteiger partial charge in [0.05, 0.1) is 0 Å². The molecule has 0 N–H and O–H groups in total. The second kappa shape index (κ2) is 4.04. The molecule has 0 spiro atoms. The van der Waals surface area contributed by atoms with Gasteiger partial charge in [0.15, 0.2) is 0 Å². The fourth-order valence-corrected chi connectivity index (χ4v) is 3.24. The molecule has 1 heteroatoms. The highest BCUT2D eigenvalue weighted by atomic mass is 32.3. The summed E-state index contributed by atoms with van der Waals surface area (Å²) in [6, 6.07) is 0. The van der Waals surface area contributed by atoms with Crippen molar-refractivity contribution in [2.45, 2.75) is 45.8 Å². The van der Waals surface area contributed by atoms with Crippen LogP contribution in [0.3, 0.4) is 0 Å². The summed E-state index contributed by atoms with van der Waals surface area (Å²) < 4.78 is 0.510. The normalized spacial score (nSPS) is 17.6. The second-order valence-electron chi connectivity index (χ2n) is 5.33. The molecule has 0 aromatic heterocycles. The Balaban J connectivity index is 4.22. The fraction of sp³-hybridized carbons (Fsp3) is 1.00. The highest BCUT2D eigenvalue weighted by molar-refractivity contribution is 8.33. The van der Waals surface area contributed by atoms with Crippen molar-refractivity contribution in [2.75, 3.05) is 18.3 Å². The van der Waals surface area contributed by atoms with Crippen molar-refractivity contribution in [3.05, 3.63) is 0 Å². The standard InChI is InChI=1S/C11H26S/c1-8-10(2)9-12(6,7)11(3,4)5/h10H,8-9H2,1-7H3. The van der Waals surface area contributed by atoms with Gasteiger partial charge in [-0.2, -0.15) is 0 Å². The lowest BCUT2D eigenvalue weighted by atomic mass is 10.2. The van der Waals surface area contributed by atoms with E-state index in [9.17, 15) is 0 Å². The monoisotopic (exact) mass is 190 g/mol. The molecule has 0 heterocycles. The molecule has 0 aliphatic carbocycles. The van der Waals surface area contributed by atoms with Crippen LogP contribution < -0.4 is 0 Å². The van der Waals surface area contributed by atoms with Gasteiger partial charge >= 0.3 is 0 Å². The van der Waals surface area contributed by atoms with Crippen molar-refractivity contribution >= 4 is 10.0 Å². The second-order valence-corrected chi connectivity index (χ2v) is 9.97. The van der Waals surface area contributed by atoms with Crippen LogP contribution >= 0.6 is 10.0 Å². The van der Waals surface area contributed by atoms with Gasteiger partial charge in [-0.15, -0.1) is 0 Å². The predicted molar refractivity (Wildman–Crippen MR) is 63.5 cm³/mol. The number of rotatable bonds is 3. The molecule has 0 saturated heterocycles. The Morgan fingerprint density at radius 2 is 1.58 bits per heavy atom. The Morgan fingerprint density at radius 1 is 1.17 bits per heavy atom. The van der Waals surface area contributed by atoms with Gasteiger partial charge in [-0.1, -0.05) is 41.0 Å². The molecular formula is C11H26S. The number of hydrogen-bond acceptors (Lipinski definition) is 0. The Morgan fingerprint density at radius 3 is 1.83 bits per heavy atom. The van der Waals surface area contributed by atoms with E-state index in [0.29, 0.717) is 4.75 Å². The molecule has 1 atom stereocenters. The van der Waals surface area contributed by atoms with E-state index in [-0.39, 0.29) is 0 Å². The van der Waals surface area contributed by atoms with Gasteiger partial charge < -0.3 is 0 Å². The number of hydrogen-bond donors (Lipinski definition) is 0. The zero-order valence-corrected chi connectivity index (χ0v) is 10.7. The molecular weight excluding hydrogens is 164 g/mol. The molecule has 0 saturated carbocycles. The van der Waals surface area contributed by atoms with E-state index >= 15 is 0 Å². The molecule has 0 aliphatic heterocycles. The van der Waals surface area contributed by atoms with Crippen molar-refractivity contribution in [1.29, 1.82) is 0 Å². The summed E-state index contributed by atoms with van der Waals surface area (Å²) >= 11 is 0. The van der Waals surface area contributed by atoms with E-state index in [0.717, 1.165) is 5.92 Å². The first-order chi connectivity index (χ1) is 5.20. The van der Waals surface area contributed by atoms with Crippen molar-refractivity contribution in [1.82, 2.24) is 0 Å². The quantitative estimate of drug-likeness (QED) is 0.633. The van der Waals surface area contributed by atoms with E-state index in [4.69, 9.17) is 0 Å². The third-order valence-corrected chi connectivity index (χ3v) is 7.77. The highest BCUT2D eigenvalue weighted by Gasteiger charge is 2.28. The van der Waals surface area contributed by atoms with E-state index in [1.807, 2.05) is 0 Å². The van der Waals surface area contributed by atoms with Crippen LogP contribution in [0, 0.1) is 5.92 Å². The Labute approximate surface area is 80.4 Å². The Kier molecular flexibility index (Phi) is 4.16. The molecule has 0 nitrogen and oxygen atoms in total. The summed E-state index contributed by atoms with van der Waals surface area (Å²) in [5.74, 6) is 2.32. The largest absolute Gasteiger partial charge is 0.242 e. The van der Waals surface area contributed by atoms with Crippen LogP contribution in [0.25, 0.3) is 0 Å². The Hall–Kier alpha value is 0.350. The zero-order chi connectivity index (χ0) is 9.99. The van der Waals surface area contributed by atoms with Gasteiger partial charge in [-0.3, -0.25) is 0 Å². The molecule has 0 rings (SSSR count). The minimum absolute atomic E-state index is 0.409. The topological polar surface area (TPSA) is 0 Å². The molecule has 0 aromatic rings. The van der Waals surface area contributed by atoms with E-state index < -0.39 is 10.0 Å². The summed E-state index contributed by atoms with van der Waals surface area (Å²) in [6.45, 7) is 11.8. The lowest BCUT2D eigenvalue weighted by Gasteiger charge is -2.46. The maximum Gasteiger partial charge on any atom is -0.00871 e. The molecule has 0 radical (unpaired) electrons. The molecule has 12 heavy (non-hydrogen) atoms. The third-order valence-electron chi connectivity index (χ3n) is 3.06. The SMILES string of the molecule is CCC(C)CS(C)(C)C(C)(C)C. The van der Waals surface area contributed by atoms with Gasteiger partial charge in [-0.25, -0.2) is 10.0 Å². The van der Waals surface area contributed by atoms with Gasteiger partial charge in [0.25, 0.3) is 0 Å². The first-order valence-electron chi connectivity index (χ1n) is 4.91. The first kappa shape index (κ1) is 12.3. The average Bonchev–Trinajstić information content (AvgIpc) is 1.84. The lowest BCUT2D eigenvalue weighted by Crippen LogP contribution is -2.27. The van der Waals surface area contributed by atoms with E-state index in [2.05, 4.69) is 47.1 Å². The van der Waals surface area contributed by atoms with E-state index in [1.54, 1.807) is 0 Å². The summed E-state index contributed by atoms with van der Waals surface area (Å²) in [5, 5.41) is 0. The van der Waals surface area contributed by atoms with Crippen molar-refractivity contribution < 1.29 is 0 Å². The Bertz CT molecular complexity index is 130. The van der Waals surface area contributed by atoms with Crippen LogP contribution in [0.1, 0.15) is 41.0 Å². The van der Waals surface area contributed by atoms with Gasteiger partial charge in [0, 0.05) is 0 Å². The molecule has 0 amide bonds. The first-order valence-corrected chi connectivity index (χ1v) is 7.53. The van der Waals surface area contributed by atoms with Crippen LogP contribution in [0.4, 0.5) is 0 Å². The van der Waals surface area contributed by atoms with Crippen LogP contribution in [0.15, 0.2) is 0 Å². The highest BCUT2D eigenvalue weighted by Crippen LogP contribution is 2.54. The van der Waals surface area contributed by atoms with Crippen molar-refractivity contribution in [3.8, 4) is 0 Å². The maximum atomic E-state index is 2.47. The summed E-state index contributed by atoms with van der Waals surface area (Å²) in [5.41, 5.74) is 0. The van der Waals surface area contributed by atoms with Crippen LogP contribution in [0.5, 0.6) is 0 Å². The van der Waals surface area contributed by atoms with Crippen LogP contribution in [-0.4, -0.2) is 23.0 Å². The smallest absolute Gasteiger partial charge is 0.00871 e. The average molecular weight is 190 g/mol. The summed E-state index contributed by atoms with van der Waals surface area (Å²) in [7, 11) is -0.409. The molecule has 0 aliphatic rings. The van der Waals surface area contributed by atoms with Crippen molar-refractivity contribution in [2.24, 2.45) is 5.92 Å². The minimum atomic E-state index is -0.409. The molecule has 76 valence electrons. The molecule has 0 bridgehead atoms. The third kappa shape index (κ3) is 3.38. The van der Waals surface area contributed by atoms with Crippen LogP contribution in [0.2, 0.25) is 0 Å². The van der Waals surface area contributed by atoms with Gasteiger partial charge in [0.2, 0.25) is 0 Å². The fourth-order valence-electron chi connectivity index (χ4n) is 1.08. The zero-order valence-electron chi connectivity index (χ0n) is 9.90. The maximum absolute atomic E-state index is 2.47. The van der Waals surface area contributed by atoms with Gasteiger partial charge in [0.1, 0.15) is 0 Å². The van der Waals surface area contributed by atoms with Crippen LogP contribution in [-0.2, 0) is 0 Å². The van der Waals surface area contributed by atoms with Gasteiger partial charge in [-0.05, 0) is 28.9 Å². The predicted octanol–water partition coefficient (Wildman–Crippen LogP) is 3.90. The molecule has 0 aromatic carbocycles. The summed E-state index contributed by atoms with van der Waals surface area (Å²) in [4.78, 5) is 0. The van der Waals surface area contributed by atoms with E-state index in [1.165, 1.54) is 12.2 Å². The molecule has 0 fully saturated rings. The lowest BCUT2D eigenvalue weighted by molar-refractivity contribution is 0.626.